The van der Waals surface area contributed by atoms with Gasteiger partial charge in [0.1, 0.15) is 5.01 Å². The first-order valence-electron chi connectivity index (χ1n) is 8.11. The van der Waals surface area contributed by atoms with E-state index in [1.54, 1.807) is 11.3 Å². The third-order valence-electron chi connectivity index (χ3n) is 4.26. The van der Waals surface area contributed by atoms with Crippen LogP contribution in [0.4, 0.5) is 0 Å². The fraction of sp³-hybridized carbons (Fsp3) is 0.143. The minimum absolute atomic E-state index is 0.455. The van der Waals surface area contributed by atoms with E-state index in [1.165, 1.54) is 16.3 Å². The van der Waals surface area contributed by atoms with Crippen LogP contribution in [0.2, 0.25) is 0 Å². The third kappa shape index (κ3) is 2.72. The quantitative estimate of drug-likeness (QED) is 0.450. The van der Waals surface area contributed by atoms with Crippen molar-refractivity contribution in [3.05, 3.63) is 71.9 Å². The summed E-state index contributed by atoms with van der Waals surface area (Å²) in [4.78, 5) is 9.17. The van der Waals surface area contributed by atoms with Crippen molar-refractivity contribution in [1.82, 2.24) is 9.97 Å². The molecule has 4 aromatic rings. The van der Waals surface area contributed by atoms with Gasteiger partial charge in [-0.05, 0) is 34.4 Å². The second kappa shape index (κ2) is 6.17. The predicted molar refractivity (Wildman–Crippen MR) is 102 cm³/mol. The lowest BCUT2D eigenvalue weighted by atomic mass is 10.00. The van der Waals surface area contributed by atoms with E-state index in [4.69, 9.17) is 4.98 Å². The Morgan fingerprint density at radius 2 is 1.79 bits per heavy atom. The standard InChI is InChI=1S/C21H18N2S/c1-14(2)18-9-10-22-12-19(18)21-23-20(13-24-21)17-8-7-15-5-3-4-6-16(15)11-17/h3-14H,1-2H3. The molecule has 0 fully saturated rings. The first-order chi connectivity index (χ1) is 11.7. The van der Waals surface area contributed by atoms with Crippen LogP contribution in [0.15, 0.2) is 66.3 Å². The smallest absolute Gasteiger partial charge is 0.125 e. The molecule has 0 bridgehead atoms. The van der Waals surface area contributed by atoms with E-state index in [2.05, 4.69) is 72.7 Å². The Balaban J connectivity index is 1.77. The van der Waals surface area contributed by atoms with E-state index in [9.17, 15) is 0 Å². The van der Waals surface area contributed by atoms with Crippen molar-refractivity contribution >= 4 is 22.1 Å². The van der Waals surface area contributed by atoms with Crippen LogP contribution >= 0.6 is 11.3 Å². The maximum atomic E-state index is 4.88. The van der Waals surface area contributed by atoms with Gasteiger partial charge in [0.2, 0.25) is 0 Å². The molecule has 4 rings (SSSR count). The molecule has 2 aromatic carbocycles. The van der Waals surface area contributed by atoms with Crippen LogP contribution < -0.4 is 0 Å². The number of hydrogen-bond acceptors (Lipinski definition) is 3. The molecule has 2 aromatic heterocycles. The summed E-state index contributed by atoms with van der Waals surface area (Å²) in [6.07, 6.45) is 3.79. The number of rotatable bonds is 3. The lowest BCUT2D eigenvalue weighted by Gasteiger charge is -2.09. The highest BCUT2D eigenvalue weighted by Crippen LogP contribution is 2.34. The summed E-state index contributed by atoms with van der Waals surface area (Å²) in [7, 11) is 0. The van der Waals surface area contributed by atoms with E-state index < -0.39 is 0 Å². The van der Waals surface area contributed by atoms with E-state index >= 15 is 0 Å². The molecule has 24 heavy (non-hydrogen) atoms. The number of benzene rings is 2. The summed E-state index contributed by atoms with van der Waals surface area (Å²) in [6, 6.07) is 17.0. The second-order valence-electron chi connectivity index (χ2n) is 6.22. The Hall–Kier alpha value is -2.52. The Kier molecular flexibility index (Phi) is 3.87. The minimum Gasteiger partial charge on any atom is -0.264 e. The minimum atomic E-state index is 0.455. The number of fused-ring (bicyclic) bond motifs is 1. The zero-order chi connectivity index (χ0) is 16.5. The van der Waals surface area contributed by atoms with Gasteiger partial charge in [-0.15, -0.1) is 11.3 Å². The monoisotopic (exact) mass is 330 g/mol. The van der Waals surface area contributed by atoms with Crippen LogP contribution in [0.1, 0.15) is 25.3 Å². The molecule has 0 aliphatic carbocycles. The molecule has 2 heterocycles. The van der Waals surface area contributed by atoms with Crippen LogP contribution in [0.3, 0.4) is 0 Å². The van der Waals surface area contributed by atoms with E-state index in [1.807, 2.05) is 12.4 Å². The molecule has 0 unspecified atom stereocenters. The van der Waals surface area contributed by atoms with E-state index in [-0.39, 0.29) is 0 Å². The number of nitrogens with zero attached hydrogens (tertiary/aromatic N) is 2. The Morgan fingerprint density at radius 1 is 0.958 bits per heavy atom. The fourth-order valence-corrected chi connectivity index (χ4v) is 3.83. The first-order valence-corrected chi connectivity index (χ1v) is 8.99. The van der Waals surface area contributed by atoms with Gasteiger partial charge in [-0.25, -0.2) is 4.98 Å². The largest absolute Gasteiger partial charge is 0.264 e. The maximum Gasteiger partial charge on any atom is 0.125 e. The van der Waals surface area contributed by atoms with E-state index in [0.717, 1.165) is 21.8 Å². The van der Waals surface area contributed by atoms with E-state index in [0.29, 0.717) is 5.92 Å². The van der Waals surface area contributed by atoms with Gasteiger partial charge in [0, 0.05) is 28.9 Å². The van der Waals surface area contributed by atoms with Gasteiger partial charge in [-0.2, -0.15) is 0 Å². The molecule has 3 heteroatoms. The summed E-state index contributed by atoms with van der Waals surface area (Å²) in [5, 5.41) is 5.67. The number of thiazole rings is 1. The fourth-order valence-electron chi connectivity index (χ4n) is 2.97. The summed E-state index contributed by atoms with van der Waals surface area (Å²) in [5.74, 6) is 0.455. The average Bonchev–Trinajstić information content (AvgIpc) is 3.11. The van der Waals surface area contributed by atoms with Crippen molar-refractivity contribution in [3.8, 4) is 21.8 Å². The summed E-state index contributed by atoms with van der Waals surface area (Å²) >= 11 is 1.68. The molecule has 0 spiro atoms. The lowest BCUT2D eigenvalue weighted by Crippen LogP contribution is -1.93. The molecule has 0 radical (unpaired) electrons. The van der Waals surface area contributed by atoms with Crippen LogP contribution in [0.5, 0.6) is 0 Å². The molecule has 0 atom stereocenters. The van der Waals surface area contributed by atoms with Crippen molar-refractivity contribution in [2.75, 3.05) is 0 Å². The molecule has 118 valence electrons. The SMILES string of the molecule is CC(C)c1ccncc1-c1nc(-c2ccc3ccccc3c2)cs1. The van der Waals surface area contributed by atoms with Crippen molar-refractivity contribution in [1.29, 1.82) is 0 Å². The molecule has 0 saturated carbocycles. The second-order valence-corrected chi connectivity index (χ2v) is 7.08. The Labute approximate surface area is 145 Å². The maximum absolute atomic E-state index is 4.88. The topological polar surface area (TPSA) is 25.8 Å². The van der Waals surface area contributed by atoms with Crippen molar-refractivity contribution in [3.63, 3.8) is 0 Å². The summed E-state index contributed by atoms with van der Waals surface area (Å²) in [5.41, 5.74) is 4.62. The third-order valence-corrected chi connectivity index (χ3v) is 5.13. The number of pyridine rings is 1. The molecule has 0 saturated heterocycles. The number of hydrogen-bond donors (Lipinski definition) is 0. The summed E-state index contributed by atoms with van der Waals surface area (Å²) < 4.78 is 0. The Bertz CT molecular complexity index is 1000. The lowest BCUT2D eigenvalue weighted by molar-refractivity contribution is 0.865. The van der Waals surface area contributed by atoms with Gasteiger partial charge in [-0.1, -0.05) is 50.2 Å². The molecule has 0 N–H and O–H groups in total. The summed E-state index contributed by atoms with van der Waals surface area (Å²) in [6.45, 7) is 4.41. The zero-order valence-corrected chi connectivity index (χ0v) is 14.5. The first kappa shape index (κ1) is 15.0. The predicted octanol–water partition coefficient (Wildman–Crippen LogP) is 6.15. The zero-order valence-electron chi connectivity index (χ0n) is 13.7. The molecular weight excluding hydrogens is 312 g/mol. The van der Waals surface area contributed by atoms with Gasteiger partial charge in [0.05, 0.1) is 5.69 Å². The average molecular weight is 330 g/mol. The highest BCUT2D eigenvalue weighted by atomic mass is 32.1. The van der Waals surface area contributed by atoms with Crippen LogP contribution in [0.25, 0.3) is 32.6 Å². The molecule has 0 aliphatic heterocycles. The molecule has 0 amide bonds. The molecular formula is C21H18N2S. The molecule has 2 nitrogen and oxygen atoms in total. The highest BCUT2D eigenvalue weighted by Gasteiger charge is 2.13. The van der Waals surface area contributed by atoms with Gasteiger partial charge in [-0.3, -0.25) is 4.98 Å². The van der Waals surface area contributed by atoms with Crippen LogP contribution in [-0.2, 0) is 0 Å². The molecule has 0 aliphatic rings. The van der Waals surface area contributed by atoms with Crippen LogP contribution in [0, 0.1) is 0 Å². The normalized spacial score (nSPS) is 11.3. The highest BCUT2D eigenvalue weighted by molar-refractivity contribution is 7.13. The Morgan fingerprint density at radius 3 is 2.62 bits per heavy atom. The van der Waals surface area contributed by atoms with Crippen molar-refractivity contribution in [2.24, 2.45) is 0 Å². The van der Waals surface area contributed by atoms with Gasteiger partial charge >= 0.3 is 0 Å². The van der Waals surface area contributed by atoms with Gasteiger partial charge < -0.3 is 0 Å². The number of aromatic nitrogens is 2. The van der Waals surface area contributed by atoms with Crippen molar-refractivity contribution in [2.45, 2.75) is 19.8 Å². The van der Waals surface area contributed by atoms with Crippen molar-refractivity contribution < 1.29 is 0 Å². The van der Waals surface area contributed by atoms with Crippen LogP contribution in [-0.4, -0.2) is 9.97 Å². The van der Waals surface area contributed by atoms with Gasteiger partial charge in [0.15, 0.2) is 0 Å². The van der Waals surface area contributed by atoms with Gasteiger partial charge in [0.25, 0.3) is 0 Å².